The number of furan rings is 1. The number of nitriles is 1. The lowest BCUT2D eigenvalue weighted by molar-refractivity contribution is 0.0597. The van der Waals surface area contributed by atoms with Gasteiger partial charge in [0, 0.05) is 11.1 Å². The Morgan fingerprint density at radius 3 is 2.75 bits per heavy atom. The van der Waals surface area contributed by atoms with Crippen molar-refractivity contribution in [2.75, 3.05) is 14.2 Å². The second kappa shape index (κ2) is 9.37. The Balaban J connectivity index is 1.71. The van der Waals surface area contributed by atoms with Crippen molar-refractivity contribution in [3.05, 3.63) is 77.1 Å². The number of ether oxygens (including phenoxy) is 3. The quantitative estimate of drug-likeness (QED) is 0.355. The molecule has 0 amide bonds. The number of carbonyl (C=O) groups is 1. The molecule has 8 heteroatoms. The molecule has 4 rings (SSSR count). The molecule has 0 N–H and O–H groups in total. The van der Waals surface area contributed by atoms with Crippen molar-refractivity contribution in [1.29, 1.82) is 5.26 Å². The highest BCUT2D eigenvalue weighted by molar-refractivity contribution is 7.13. The van der Waals surface area contributed by atoms with E-state index in [2.05, 4.69) is 11.1 Å². The predicted molar refractivity (Wildman–Crippen MR) is 119 cm³/mol. The van der Waals surface area contributed by atoms with Crippen LogP contribution in [0.25, 0.3) is 21.7 Å². The number of hydrogen-bond acceptors (Lipinski definition) is 8. The lowest BCUT2D eigenvalue weighted by Crippen LogP contribution is -2.06. The molecule has 1 aromatic carbocycles. The fraction of sp³-hybridized carbons (Fsp3) is 0.125. The first-order valence-corrected chi connectivity index (χ1v) is 10.4. The molecule has 32 heavy (non-hydrogen) atoms. The maximum absolute atomic E-state index is 11.9. The van der Waals surface area contributed by atoms with Gasteiger partial charge < -0.3 is 18.6 Å². The number of hydrogen-bond donors (Lipinski definition) is 0. The lowest BCUT2D eigenvalue weighted by atomic mass is 10.0. The number of nitrogens with zero attached hydrogens (tertiary/aromatic N) is 2. The van der Waals surface area contributed by atoms with Crippen LogP contribution >= 0.6 is 11.3 Å². The summed E-state index contributed by atoms with van der Waals surface area (Å²) in [5.74, 6) is 0.0969. The van der Waals surface area contributed by atoms with Gasteiger partial charge in [-0.05, 0) is 41.3 Å². The molecule has 0 saturated heterocycles. The fourth-order valence-electron chi connectivity index (χ4n) is 3.19. The smallest absolute Gasteiger partial charge is 0.341 e. The second-order valence-corrected chi connectivity index (χ2v) is 7.60. The zero-order chi connectivity index (χ0) is 22.5. The van der Waals surface area contributed by atoms with Crippen molar-refractivity contribution >= 4 is 17.3 Å². The summed E-state index contributed by atoms with van der Waals surface area (Å²) in [6.07, 6.45) is 3.13. The van der Waals surface area contributed by atoms with E-state index in [1.54, 1.807) is 48.1 Å². The first-order chi connectivity index (χ1) is 15.6. The minimum absolute atomic E-state index is 0.123. The molecule has 3 heterocycles. The maximum Gasteiger partial charge on any atom is 0.341 e. The van der Waals surface area contributed by atoms with Crippen molar-refractivity contribution in [2.45, 2.75) is 6.61 Å². The summed E-state index contributed by atoms with van der Waals surface area (Å²) >= 11 is 1.55. The zero-order valence-corrected chi connectivity index (χ0v) is 18.1. The van der Waals surface area contributed by atoms with Gasteiger partial charge in [-0.3, -0.25) is 0 Å². The van der Waals surface area contributed by atoms with Crippen molar-refractivity contribution in [2.24, 2.45) is 0 Å². The zero-order valence-electron chi connectivity index (χ0n) is 17.3. The minimum atomic E-state index is -0.490. The molecule has 0 saturated carbocycles. The van der Waals surface area contributed by atoms with Crippen molar-refractivity contribution in [3.8, 4) is 39.4 Å². The van der Waals surface area contributed by atoms with Crippen molar-refractivity contribution < 1.29 is 23.4 Å². The summed E-state index contributed by atoms with van der Waals surface area (Å²) in [5, 5.41) is 11.8. The molecule has 3 aromatic heterocycles. The van der Waals surface area contributed by atoms with Gasteiger partial charge in [-0.15, -0.1) is 11.3 Å². The van der Waals surface area contributed by atoms with Crippen LogP contribution in [0.15, 0.2) is 64.8 Å². The molecule has 7 nitrogen and oxygen atoms in total. The van der Waals surface area contributed by atoms with E-state index in [1.165, 1.54) is 14.2 Å². The van der Waals surface area contributed by atoms with E-state index < -0.39 is 5.97 Å². The van der Waals surface area contributed by atoms with E-state index >= 15 is 0 Å². The maximum atomic E-state index is 11.9. The van der Waals surface area contributed by atoms with E-state index in [1.807, 2.05) is 23.6 Å². The standard InChI is InChI=1S/C24H18N2O5S/c1-28-21-10-15(5-6-17(21)24(27)29-2)13-31-23-19(12-25)18(16-7-8-30-14-16)11-20(26-23)22-4-3-9-32-22/h3-11,14H,13H2,1-2H3. The molecule has 0 unspecified atom stereocenters. The Hall–Kier alpha value is -4.09. The molecule has 0 fully saturated rings. The number of methoxy groups -OCH3 is 2. The molecule has 160 valence electrons. The summed E-state index contributed by atoms with van der Waals surface area (Å²) < 4.78 is 21.3. The highest BCUT2D eigenvalue weighted by Gasteiger charge is 2.19. The molecule has 0 bridgehead atoms. The van der Waals surface area contributed by atoms with Gasteiger partial charge in [0.25, 0.3) is 0 Å². The number of thiophene rings is 1. The van der Waals surface area contributed by atoms with Gasteiger partial charge in [0.2, 0.25) is 5.88 Å². The van der Waals surface area contributed by atoms with Crippen LogP contribution in [0.1, 0.15) is 21.5 Å². The van der Waals surface area contributed by atoms with Gasteiger partial charge in [-0.1, -0.05) is 12.1 Å². The van der Waals surface area contributed by atoms with Crippen LogP contribution in [0.3, 0.4) is 0 Å². The van der Waals surface area contributed by atoms with Gasteiger partial charge in [-0.25, -0.2) is 9.78 Å². The summed E-state index contributed by atoms with van der Waals surface area (Å²) in [6.45, 7) is 0.123. The topological polar surface area (TPSA) is 94.6 Å². The van der Waals surface area contributed by atoms with Crippen LogP contribution in [0.2, 0.25) is 0 Å². The Morgan fingerprint density at radius 2 is 2.09 bits per heavy atom. The minimum Gasteiger partial charge on any atom is -0.496 e. The molecule has 0 aliphatic rings. The first kappa shape index (κ1) is 21.2. The predicted octanol–water partition coefficient (Wildman–Crippen LogP) is 5.32. The van der Waals surface area contributed by atoms with Crippen LogP contribution < -0.4 is 9.47 Å². The van der Waals surface area contributed by atoms with E-state index in [9.17, 15) is 10.1 Å². The number of carbonyl (C=O) groups excluding carboxylic acids is 1. The number of esters is 1. The monoisotopic (exact) mass is 446 g/mol. The molecule has 0 spiro atoms. The van der Waals surface area contributed by atoms with E-state index in [0.29, 0.717) is 28.1 Å². The summed E-state index contributed by atoms with van der Waals surface area (Å²) in [4.78, 5) is 17.4. The van der Waals surface area contributed by atoms with Crippen LogP contribution in [0, 0.1) is 11.3 Å². The molecule has 0 aliphatic carbocycles. The highest BCUT2D eigenvalue weighted by atomic mass is 32.1. The summed E-state index contributed by atoms with van der Waals surface area (Å²) in [5.41, 5.74) is 3.50. The average Bonchev–Trinajstić information content (AvgIpc) is 3.56. The van der Waals surface area contributed by atoms with Crippen molar-refractivity contribution in [3.63, 3.8) is 0 Å². The molecular weight excluding hydrogens is 428 g/mol. The largest absolute Gasteiger partial charge is 0.496 e. The average molecular weight is 446 g/mol. The Labute approximate surface area is 188 Å². The molecule has 0 atom stereocenters. The second-order valence-electron chi connectivity index (χ2n) is 6.65. The summed E-state index contributed by atoms with van der Waals surface area (Å²) in [7, 11) is 2.79. The van der Waals surface area contributed by atoms with Gasteiger partial charge in [0.05, 0.1) is 37.3 Å². The van der Waals surface area contributed by atoms with Crippen LogP contribution in [-0.2, 0) is 11.3 Å². The third-order valence-electron chi connectivity index (χ3n) is 4.75. The van der Waals surface area contributed by atoms with Gasteiger partial charge in [0.1, 0.15) is 29.6 Å². The normalized spacial score (nSPS) is 10.4. The Kier molecular flexibility index (Phi) is 6.19. The number of pyridine rings is 1. The van der Waals surface area contributed by atoms with Crippen molar-refractivity contribution in [1.82, 2.24) is 4.98 Å². The molecule has 4 aromatic rings. The Bertz CT molecular complexity index is 1270. The fourth-order valence-corrected chi connectivity index (χ4v) is 3.87. The third kappa shape index (κ3) is 4.19. The molecule has 0 radical (unpaired) electrons. The summed E-state index contributed by atoms with van der Waals surface area (Å²) in [6, 6.07) is 14.8. The van der Waals surface area contributed by atoms with Gasteiger partial charge >= 0.3 is 5.97 Å². The Morgan fingerprint density at radius 1 is 1.22 bits per heavy atom. The number of aromatic nitrogens is 1. The molecular formula is C24H18N2O5S. The van der Waals surface area contributed by atoms with E-state index in [-0.39, 0.29) is 12.5 Å². The first-order valence-electron chi connectivity index (χ1n) is 9.54. The third-order valence-corrected chi connectivity index (χ3v) is 5.64. The lowest BCUT2D eigenvalue weighted by Gasteiger charge is -2.13. The SMILES string of the molecule is COC(=O)c1ccc(COc2nc(-c3cccs3)cc(-c3ccoc3)c2C#N)cc1OC. The number of benzene rings is 1. The van der Waals surface area contributed by atoms with E-state index in [0.717, 1.165) is 16.0 Å². The van der Waals surface area contributed by atoms with Crippen LogP contribution in [-0.4, -0.2) is 25.2 Å². The van der Waals surface area contributed by atoms with E-state index in [4.69, 9.17) is 18.6 Å². The van der Waals surface area contributed by atoms with Gasteiger partial charge in [0.15, 0.2) is 0 Å². The number of rotatable bonds is 7. The molecule has 0 aliphatic heterocycles. The highest BCUT2D eigenvalue weighted by Crippen LogP contribution is 2.35. The van der Waals surface area contributed by atoms with Crippen LogP contribution in [0.5, 0.6) is 11.6 Å². The van der Waals surface area contributed by atoms with Gasteiger partial charge in [-0.2, -0.15) is 5.26 Å². The van der Waals surface area contributed by atoms with Crippen LogP contribution in [0.4, 0.5) is 0 Å².